The second kappa shape index (κ2) is 6.12. The standard InChI is InChI=1S/C16H18N2/c1-18(2)13-11-15(14-8-4-3-5-9-14)16-10-6-7-12-17-16/h3-12H,13H2,1-2H3/b15-11+. The molecule has 0 saturated heterocycles. The molecule has 0 aliphatic rings. The minimum Gasteiger partial charge on any atom is -0.306 e. The van der Waals surface area contributed by atoms with Gasteiger partial charge in [-0.2, -0.15) is 0 Å². The summed E-state index contributed by atoms with van der Waals surface area (Å²) in [6.45, 7) is 0.904. The van der Waals surface area contributed by atoms with Crippen molar-refractivity contribution in [3.8, 4) is 0 Å². The van der Waals surface area contributed by atoms with E-state index in [1.807, 2.05) is 24.4 Å². The molecule has 0 atom stereocenters. The van der Waals surface area contributed by atoms with Crippen LogP contribution in [0.5, 0.6) is 0 Å². The van der Waals surface area contributed by atoms with Crippen LogP contribution < -0.4 is 0 Å². The van der Waals surface area contributed by atoms with Crippen LogP contribution in [-0.2, 0) is 0 Å². The number of nitrogens with zero attached hydrogens (tertiary/aromatic N) is 2. The fourth-order valence-electron chi connectivity index (χ4n) is 1.78. The second-order valence-corrected chi connectivity index (χ2v) is 4.46. The van der Waals surface area contributed by atoms with Crippen molar-refractivity contribution >= 4 is 5.57 Å². The third-order valence-corrected chi connectivity index (χ3v) is 2.69. The van der Waals surface area contributed by atoms with Crippen molar-refractivity contribution in [2.75, 3.05) is 20.6 Å². The summed E-state index contributed by atoms with van der Waals surface area (Å²) < 4.78 is 0. The first-order chi connectivity index (χ1) is 8.77. The first kappa shape index (κ1) is 12.5. The topological polar surface area (TPSA) is 16.1 Å². The van der Waals surface area contributed by atoms with Gasteiger partial charge in [-0.3, -0.25) is 4.98 Å². The molecule has 0 unspecified atom stereocenters. The Kier molecular flexibility index (Phi) is 4.26. The van der Waals surface area contributed by atoms with E-state index in [4.69, 9.17) is 0 Å². The molecule has 0 N–H and O–H groups in total. The summed E-state index contributed by atoms with van der Waals surface area (Å²) in [5.41, 5.74) is 3.41. The van der Waals surface area contributed by atoms with Crippen LogP contribution in [-0.4, -0.2) is 30.5 Å². The van der Waals surface area contributed by atoms with Gasteiger partial charge < -0.3 is 4.90 Å². The maximum atomic E-state index is 4.45. The van der Waals surface area contributed by atoms with Crippen LogP contribution in [0.25, 0.3) is 5.57 Å². The monoisotopic (exact) mass is 238 g/mol. The Hall–Kier alpha value is -1.93. The largest absolute Gasteiger partial charge is 0.306 e. The van der Waals surface area contributed by atoms with E-state index in [9.17, 15) is 0 Å². The van der Waals surface area contributed by atoms with E-state index in [0.29, 0.717) is 0 Å². The van der Waals surface area contributed by atoms with Gasteiger partial charge in [0.05, 0.1) is 5.69 Å². The zero-order chi connectivity index (χ0) is 12.8. The van der Waals surface area contributed by atoms with Crippen LogP contribution in [0.1, 0.15) is 11.3 Å². The van der Waals surface area contributed by atoms with Gasteiger partial charge >= 0.3 is 0 Å². The number of pyridine rings is 1. The number of hydrogen-bond acceptors (Lipinski definition) is 2. The lowest BCUT2D eigenvalue weighted by Gasteiger charge is -2.10. The summed E-state index contributed by atoms with van der Waals surface area (Å²) in [6, 6.07) is 16.4. The normalized spacial score (nSPS) is 11.8. The molecule has 0 aliphatic heterocycles. The van der Waals surface area contributed by atoms with Crippen LogP contribution in [0.4, 0.5) is 0 Å². The lowest BCUT2D eigenvalue weighted by molar-refractivity contribution is 0.457. The summed E-state index contributed by atoms with van der Waals surface area (Å²) in [4.78, 5) is 6.59. The summed E-state index contributed by atoms with van der Waals surface area (Å²) in [7, 11) is 4.13. The summed E-state index contributed by atoms with van der Waals surface area (Å²) >= 11 is 0. The van der Waals surface area contributed by atoms with Crippen LogP contribution in [0.15, 0.2) is 60.8 Å². The highest BCUT2D eigenvalue weighted by molar-refractivity contribution is 5.77. The summed E-state index contributed by atoms with van der Waals surface area (Å²) in [5.74, 6) is 0. The van der Waals surface area contributed by atoms with Crippen molar-refractivity contribution < 1.29 is 0 Å². The van der Waals surface area contributed by atoms with Crippen molar-refractivity contribution in [3.05, 3.63) is 72.1 Å². The van der Waals surface area contributed by atoms with E-state index in [0.717, 1.165) is 12.2 Å². The molecule has 2 heteroatoms. The molecule has 18 heavy (non-hydrogen) atoms. The van der Waals surface area contributed by atoms with Gasteiger partial charge in [0.1, 0.15) is 0 Å². The summed E-state index contributed by atoms with van der Waals surface area (Å²) in [5, 5.41) is 0. The van der Waals surface area contributed by atoms with Gasteiger partial charge in [0.15, 0.2) is 0 Å². The lowest BCUT2D eigenvalue weighted by atomic mass is 10.0. The van der Waals surface area contributed by atoms with Crippen LogP contribution in [0.3, 0.4) is 0 Å². The zero-order valence-electron chi connectivity index (χ0n) is 10.9. The molecule has 0 fully saturated rings. The fraction of sp³-hybridized carbons (Fsp3) is 0.188. The zero-order valence-corrected chi connectivity index (χ0v) is 10.9. The Morgan fingerprint density at radius 2 is 1.78 bits per heavy atom. The highest BCUT2D eigenvalue weighted by Crippen LogP contribution is 2.21. The van der Waals surface area contributed by atoms with Gasteiger partial charge in [-0.05, 0) is 31.8 Å². The summed E-state index contributed by atoms with van der Waals surface area (Å²) in [6.07, 6.45) is 4.06. The van der Waals surface area contributed by atoms with Crippen molar-refractivity contribution in [3.63, 3.8) is 0 Å². The third-order valence-electron chi connectivity index (χ3n) is 2.69. The first-order valence-corrected chi connectivity index (χ1v) is 6.09. The van der Waals surface area contributed by atoms with Gasteiger partial charge in [-0.25, -0.2) is 0 Å². The number of likely N-dealkylation sites (N-methyl/N-ethyl adjacent to an activating group) is 1. The predicted octanol–water partition coefficient (Wildman–Crippen LogP) is 3.07. The van der Waals surface area contributed by atoms with Gasteiger partial charge in [0, 0.05) is 18.3 Å². The van der Waals surface area contributed by atoms with Crippen molar-refractivity contribution in [1.82, 2.24) is 9.88 Å². The van der Waals surface area contributed by atoms with Crippen LogP contribution in [0, 0.1) is 0 Å². The number of aromatic nitrogens is 1. The molecule has 2 nitrogen and oxygen atoms in total. The molecule has 1 aromatic heterocycles. The molecule has 0 bridgehead atoms. The molecule has 0 aliphatic carbocycles. The molecule has 0 amide bonds. The van der Waals surface area contributed by atoms with Crippen molar-refractivity contribution in [2.24, 2.45) is 0 Å². The smallest absolute Gasteiger partial charge is 0.0705 e. The highest BCUT2D eigenvalue weighted by atomic mass is 15.0. The van der Waals surface area contributed by atoms with E-state index in [2.05, 4.69) is 60.4 Å². The third kappa shape index (κ3) is 3.28. The lowest BCUT2D eigenvalue weighted by Crippen LogP contribution is -2.11. The Balaban J connectivity index is 2.39. The Labute approximate surface area is 109 Å². The second-order valence-electron chi connectivity index (χ2n) is 4.46. The maximum Gasteiger partial charge on any atom is 0.0705 e. The van der Waals surface area contributed by atoms with Gasteiger partial charge in [0.2, 0.25) is 0 Å². The van der Waals surface area contributed by atoms with Crippen molar-refractivity contribution in [2.45, 2.75) is 0 Å². The van der Waals surface area contributed by atoms with Crippen LogP contribution in [0.2, 0.25) is 0 Å². The molecule has 0 radical (unpaired) electrons. The predicted molar refractivity (Wildman–Crippen MR) is 76.3 cm³/mol. The Morgan fingerprint density at radius 1 is 1.06 bits per heavy atom. The SMILES string of the molecule is CN(C)C/C=C(\c1ccccc1)c1ccccn1. The minimum absolute atomic E-state index is 0.904. The molecular formula is C16H18N2. The quantitative estimate of drug-likeness (QED) is 0.813. The van der Waals surface area contributed by atoms with Crippen molar-refractivity contribution in [1.29, 1.82) is 0 Å². The number of benzene rings is 1. The Morgan fingerprint density at radius 3 is 2.39 bits per heavy atom. The fourth-order valence-corrected chi connectivity index (χ4v) is 1.78. The first-order valence-electron chi connectivity index (χ1n) is 6.09. The highest BCUT2D eigenvalue weighted by Gasteiger charge is 2.05. The molecule has 2 rings (SSSR count). The average molecular weight is 238 g/mol. The van der Waals surface area contributed by atoms with Gasteiger partial charge in [-0.1, -0.05) is 42.5 Å². The van der Waals surface area contributed by atoms with E-state index < -0.39 is 0 Å². The number of rotatable bonds is 4. The van der Waals surface area contributed by atoms with E-state index in [1.54, 1.807) is 0 Å². The van der Waals surface area contributed by atoms with E-state index >= 15 is 0 Å². The molecule has 92 valence electrons. The molecular weight excluding hydrogens is 220 g/mol. The molecule has 1 aromatic carbocycles. The average Bonchev–Trinajstić information content (AvgIpc) is 2.41. The molecule has 1 heterocycles. The minimum atomic E-state index is 0.904. The Bertz CT molecular complexity index is 460. The molecule has 0 spiro atoms. The van der Waals surface area contributed by atoms with E-state index in [1.165, 1.54) is 11.1 Å². The van der Waals surface area contributed by atoms with Crippen LogP contribution >= 0.6 is 0 Å². The number of hydrogen-bond donors (Lipinski definition) is 0. The van der Waals surface area contributed by atoms with E-state index in [-0.39, 0.29) is 0 Å². The van der Waals surface area contributed by atoms with Gasteiger partial charge in [-0.15, -0.1) is 0 Å². The molecule has 0 saturated carbocycles. The molecule has 2 aromatic rings. The maximum absolute atomic E-state index is 4.45. The van der Waals surface area contributed by atoms with Gasteiger partial charge in [0.25, 0.3) is 0 Å².